The molecule has 0 radical (unpaired) electrons. The zero-order valence-corrected chi connectivity index (χ0v) is 11.0. The maximum absolute atomic E-state index is 11.5. The van der Waals surface area contributed by atoms with Crippen LogP contribution in [-0.4, -0.2) is 55.2 Å². The van der Waals surface area contributed by atoms with E-state index in [9.17, 15) is 8.42 Å². The van der Waals surface area contributed by atoms with Gasteiger partial charge in [0.15, 0.2) is 9.84 Å². The molecule has 0 aliphatic carbocycles. The third kappa shape index (κ3) is 3.43. The summed E-state index contributed by atoms with van der Waals surface area (Å²) in [5.41, 5.74) is 0. The van der Waals surface area contributed by atoms with Gasteiger partial charge < -0.3 is 5.11 Å². The van der Waals surface area contributed by atoms with Crippen molar-refractivity contribution in [3.63, 3.8) is 0 Å². The van der Waals surface area contributed by atoms with Crippen molar-refractivity contribution in [3.05, 3.63) is 0 Å². The fourth-order valence-electron chi connectivity index (χ4n) is 2.57. The van der Waals surface area contributed by atoms with Gasteiger partial charge in [-0.1, -0.05) is 13.8 Å². The van der Waals surface area contributed by atoms with Gasteiger partial charge in [-0.25, -0.2) is 8.42 Å². The Morgan fingerprint density at radius 1 is 1.38 bits per heavy atom. The lowest BCUT2D eigenvalue weighted by Crippen LogP contribution is -2.45. The Labute approximate surface area is 98.6 Å². The Bertz CT molecular complexity index is 298. The summed E-state index contributed by atoms with van der Waals surface area (Å²) in [6.45, 7) is 4.92. The summed E-state index contributed by atoms with van der Waals surface area (Å²) >= 11 is 0. The van der Waals surface area contributed by atoms with Gasteiger partial charge in [0, 0.05) is 18.6 Å². The molecule has 0 aromatic carbocycles. The molecule has 4 nitrogen and oxygen atoms in total. The first-order chi connectivity index (χ1) is 7.54. The van der Waals surface area contributed by atoms with E-state index in [1.54, 1.807) is 0 Å². The van der Waals surface area contributed by atoms with Gasteiger partial charge in [-0.2, -0.15) is 0 Å². The number of sulfone groups is 1. The van der Waals surface area contributed by atoms with Crippen LogP contribution in [0.2, 0.25) is 0 Å². The molecule has 0 saturated carbocycles. The number of aliphatic hydroxyl groups is 1. The molecule has 16 heavy (non-hydrogen) atoms. The number of hydrogen-bond acceptors (Lipinski definition) is 4. The van der Waals surface area contributed by atoms with Crippen LogP contribution in [-0.2, 0) is 9.84 Å². The van der Waals surface area contributed by atoms with Crippen molar-refractivity contribution in [1.29, 1.82) is 0 Å². The lowest BCUT2D eigenvalue weighted by Gasteiger charge is -2.34. The van der Waals surface area contributed by atoms with E-state index in [-0.39, 0.29) is 18.4 Å². The van der Waals surface area contributed by atoms with Crippen LogP contribution < -0.4 is 0 Å². The highest BCUT2D eigenvalue weighted by atomic mass is 32.2. The van der Waals surface area contributed by atoms with Gasteiger partial charge in [0.25, 0.3) is 0 Å². The lowest BCUT2D eigenvalue weighted by molar-refractivity contribution is 0.107. The first-order valence-corrected chi connectivity index (χ1v) is 7.93. The van der Waals surface area contributed by atoms with E-state index in [4.69, 9.17) is 5.11 Å². The van der Waals surface area contributed by atoms with E-state index in [1.807, 2.05) is 0 Å². The zero-order valence-electron chi connectivity index (χ0n) is 10.2. The highest BCUT2D eigenvalue weighted by Crippen LogP contribution is 2.22. The molecule has 1 heterocycles. The summed E-state index contributed by atoms with van der Waals surface area (Å²) in [7, 11) is -2.83. The molecule has 0 aromatic rings. The summed E-state index contributed by atoms with van der Waals surface area (Å²) in [5, 5.41) is 9.08. The van der Waals surface area contributed by atoms with Gasteiger partial charge in [-0.05, 0) is 19.3 Å². The summed E-state index contributed by atoms with van der Waals surface area (Å²) in [4.78, 5) is 2.19. The third-order valence-electron chi connectivity index (χ3n) is 3.45. The highest BCUT2D eigenvalue weighted by molar-refractivity contribution is 7.91. The van der Waals surface area contributed by atoms with Crippen molar-refractivity contribution in [2.75, 3.05) is 24.7 Å². The van der Waals surface area contributed by atoms with E-state index >= 15 is 0 Å². The minimum Gasteiger partial charge on any atom is -0.395 e. The fourth-order valence-corrected chi connectivity index (χ4v) is 4.32. The highest BCUT2D eigenvalue weighted by Gasteiger charge is 2.34. The molecule has 1 aliphatic heterocycles. The number of hydrogen-bond donors (Lipinski definition) is 1. The second kappa shape index (κ2) is 5.98. The van der Waals surface area contributed by atoms with Crippen LogP contribution in [0.5, 0.6) is 0 Å². The SMILES string of the molecule is CCC(CC)N(CCO)C1CCS(=O)(=O)C1. The Kier molecular flexibility index (Phi) is 5.21. The van der Waals surface area contributed by atoms with Crippen molar-refractivity contribution in [3.8, 4) is 0 Å². The number of aliphatic hydroxyl groups excluding tert-OH is 1. The zero-order chi connectivity index (χ0) is 12.2. The second-order valence-corrected chi connectivity index (χ2v) is 6.72. The maximum Gasteiger partial charge on any atom is 0.151 e. The molecule has 0 bridgehead atoms. The molecule has 0 spiro atoms. The smallest absolute Gasteiger partial charge is 0.151 e. The molecule has 96 valence electrons. The van der Waals surface area contributed by atoms with Gasteiger partial charge in [0.2, 0.25) is 0 Å². The summed E-state index contributed by atoms with van der Waals surface area (Å²) in [5.74, 6) is 0.573. The summed E-state index contributed by atoms with van der Waals surface area (Å²) in [6, 6.07) is 0.507. The molecule has 5 heteroatoms. The fraction of sp³-hybridized carbons (Fsp3) is 1.00. The van der Waals surface area contributed by atoms with Crippen LogP contribution in [0.3, 0.4) is 0 Å². The number of rotatable bonds is 6. The maximum atomic E-state index is 11.5. The molecule has 0 amide bonds. The van der Waals surface area contributed by atoms with Crippen LogP contribution in [0.15, 0.2) is 0 Å². The lowest BCUT2D eigenvalue weighted by atomic mass is 10.1. The Morgan fingerprint density at radius 2 is 2.00 bits per heavy atom. The van der Waals surface area contributed by atoms with Gasteiger partial charge >= 0.3 is 0 Å². The Hall–Kier alpha value is -0.130. The largest absolute Gasteiger partial charge is 0.395 e. The van der Waals surface area contributed by atoms with Crippen LogP contribution in [0.1, 0.15) is 33.1 Å². The predicted octanol–water partition coefficient (Wildman–Crippen LogP) is 0.656. The molecule has 1 saturated heterocycles. The quantitative estimate of drug-likeness (QED) is 0.751. The van der Waals surface area contributed by atoms with Crippen molar-refractivity contribution in [2.45, 2.75) is 45.2 Å². The normalized spacial score (nSPS) is 24.4. The van der Waals surface area contributed by atoms with Crippen LogP contribution >= 0.6 is 0 Å². The molecule has 1 fully saturated rings. The molecular formula is C11H23NO3S. The molecule has 0 aromatic heterocycles. The van der Waals surface area contributed by atoms with Crippen LogP contribution in [0.4, 0.5) is 0 Å². The van der Waals surface area contributed by atoms with E-state index in [0.717, 1.165) is 19.3 Å². The molecule has 1 rings (SSSR count). The van der Waals surface area contributed by atoms with Crippen LogP contribution in [0.25, 0.3) is 0 Å². The first kappa shape index (κ1) is 13.9. The summed E-state index contributed by atoms with van der Waals surface area (Å²) < 4.78 is 22.9. The molecule has 1 unspecified atom stereocenters. The monoisotopic (exact) mass is 249 g/mol. The van der Waals surface area contributed by atoms with Crippen molar-refractivity contribution in [1.82, 2.24) is 4.90 Å². The van der Waals surface area contributed by atoms with Crippen LogP contribution in [0, 0.1) is 0 Å². The second-order valence-electron chi connectivity index (χ2n) is 4.49. The Balaban J connectivity index is 2.70. The van der Waals surface area contributed by atoms with Gasteiger partial charge in [-0.3, -0.25) is 4.90 Å². The average molecular weight is 249 g/mol. The third-order valence-corrected chi connectivity index (χ3v) is 5.20. The minimum atomic E-state index is -2.83. The predicted molar refractivity (Wildman–Crippen MR) is 65.2 cm³/mol. The minimum absolute atomic E-state index is 0.104. The average Bonchev–Trinajstić information content (AvgIpc) is 2.59. The van der Waals surface area contributed by atoms with E-state index in [0.29, 0.717) is 18.3 Å². The van der Waals surface area contributed by atoms with Crippen molar-refractivity contribution in [2.24, 2.45) is 0 Å². The first-order valence-electron chi connectivity index (χ1n) is 6.11. The topological polar surface area (TPSA) is 57.6 Å². The van der Waals surface area contributed by atoms with Crippen molar-refractivity contribution >= 4 is 9.84 Å². The van der Waals surface area contributed by atoms with E-state index in [2.05, 4.69) is 18.7 Å². The molecule has 1 aliphatic rings. The van der Waals surface area contributed by atoms with Gasteiger partial charge in [0.05, 0.1) is 18.1 Å². The Morgan fingerprint density at radius 3 is 2.38 bits per heavy atom. The van der Waals surface area contributed by atoms with E-state index in [1.165, 1.54) is 0 Å². The van der Waals surface area contributed by atoms with E-state index < -0.39 is 9.84 Å². The summed E-state index contributed by atoms with van der Waals surface area (Å²) in [6.07, 6.45) is 2.74. The number of nitrogens with zero attached hydrogens (tertiary/aromatic N) is 1. The van der Waals surface area contributed by atoms with Crippen molar-refractivity contribution < 1.29 is 13.5 Å². The standard InChI is InChI=1S/C11H23NO3S/c1-3-10(4-2)12(6-7-13)11-5-8-16(14,15)9-11/h10-11,13H,3-9H2,1-2H3. The molecule has 1 atom stereocenters. The molecule has 1 N–H and O–H groups in total. The van der Waals surface area contributed by atoms with Gasteiger partial charge in [0.1, 0.15) is 0 Å². The molecular weight excluding hydrogens is 226 g/mol. The van der Waals surface area contributed by atoms with Gasteiger partial charge in [-0.15, -0.1) is 0 Å².